The number of benzene rings is 1. The smallest absolute Gasteiger partial charge is 0.435 e. The molecule has 0 saturated carbocycles. The van der Waals surface area contributed by atoms with Gasteiger partial charge in [0.25, 0.3) is 5.56 Å². The summed E-state index contributed by atoms with van der Waals surface area (Å²) < 4.78 is 6.39. The maximum Gasteiger partial charge on any atom is 0.435 e. The fourth-order valence-electron chi connectivity index (χ4n) is 3.40. The number of aryl methyl sites for hydroxylation is 1. The molecule has 2 heterocycles. The summed E-state index contributed by atoms with van der Waals surface area (Å²) in [4.78, 5) is 57.9. The Labute approximate surface area is 214 Å². The molecule has 1 aromatic carbocycles. The molecule has 37 heavy (non-hydrogen) atoms. The van der Waals surface area contributed by atoms with Crippen LogP contribution in [0.1, 0.15) is 37.6 Å². The second kappa shape index (κ2) is 11.9. The van der Waals surface area contributed by atoms with Crippen molar-refractivity contribution in [2.45, 2.75) is 46.1 Å². The van der Waals surface area contributed by atoms with Crippen LogP contribution in [0.25, 0.3) is 5.82 Å². The van der Waals surface area contributed by atoms with Crippen molar-refractivity contribution in [3.63, 3.8) is 0 Å². The minimum Gasteiger partial charge on any atom is -0.442 e. The van der Waals surface area contributed by atoms with Crippen molar-refractivity contribution in [1.29, 1.82) is 0 Å². The van der Waals surface area contributed by atoms with Crippen molar-refractivity contribution < 1.29 is 19.1 Å². The number of nitrogens with one attached hydrogen (secondary N) is 2. The number of carbonyl (C=O) groups is 3. The van der Waals surface area contributed by atoms with E-state index < -0.39 is 23.2 Å². The van der Waals surface area contributed by atoms with Crippen LogP contribution in [0.4, 0.5) is 10.5 Å². The molecule has 0 aliphatic heterocycles. The molecule has 0 atom stereocenters. The highest BCUT2D eigenvalue weighted by molar-refractivity contribution is 5.93. The van der Waals surface area contributed by atoms with Gasteiger partial charge in [-0.15, -0.1) is 0 Å². The number of aliphatic imine (C=N–C) groups is 1. The molecule has 10 nitrogen and oxygen atoms in total. The van der Waals surface area contributed by atoms with Crippen LogP contribution in [0.15, 0.2) is 70.6 Å². The van der Waals surface area contributed by atoms with E-state index in [-0.39, 0.29) is 30.3 Å². The molecular formula is C27H29N5O5. The Morgan fingerprint density at radius 1 is 1.00 bits per heavy atom. The van der Waals surface area contributed by atoms with E-state index >= 15 is 0 Å². The Balaban J connectivity index is 1.78. The summed E-state index contributed by atoms with van der Waals surface area (Å²) in [5.74, 6) is -0.549. The third-order valence-corrected chi connectivity index (χ3v) is 4.98. The van der Waals surface area contributed by atoms with E-state index in [1.54, 1.807) is 52.0 Å². The SMILES string of the molecule is Cc1ccc(NC(=O)Cc2ccccc2)c(=O)n1-c1ncccc1CC(=O)N/C=N/C(=O)OC(C)(C)C. The number of carbonyl (C=O) groups excluding carboxylic acids is 3. The fraction of sp³-hybridized carbons (Fsp3) is 0.259. The average molecular weight is 504 g/mol. The molecule has 192 valence electrons. The molecule has 0 unspecified atom stereocenters. The molecule has 0 radical (unpaired) electrons. The molecule has 0 bridgehead atoms. The van der Waals surface area contributed by atoms with Gasteiger partial charge in [0.15, 0.2) is 0 Å². The topological polar surface area (TPSA) is 132 Å². The van der Waals surface area contributed by atoms with Gasteiger partial charge < -0.3 is 15.4 Å². The van der Waals surface area contributed by atoms with Crippen LogP contribution < -0.4 is 16.2 Å². The lowest BCUT2D eigenvalue weighted by atomic mass is 10.1. The Morgan fingerprint density at radius 2 is 1.73 bits per heavy atom. The van der Waals surface area contributed by atoms with Gasteiger partial charge >= 0.3 is 6.09 Å². The standard InChI is InChI=1S/C27H29N5O5/c1-18-12-13-21(31-23(34)15-19-9-6-5-7-10-19)25(35)32(18)24-20(11-8-14-28-24)16-22(33)29-17-30-26(36)37-27(2,3)4/h5-14,17H,15-16H2,1-4H3,(H,31,34)(H,29,30,33,36). The first-order valence-corrected chi connectivity index (χ1v) is 11.6. The predicted octanol–water partition coefficient (Wildman–Crippen LogP) is 3.34. The molecule has 0 spiro atoms. The van der Waals surface area contributed by atoms with Gasteiger partial charge in [0.1, 0.15) is 23.4 Å². The minimum absolute atomic E-state index is 0.0945. The van der Waals surface area contributed by atoms with Gasteiger partial charge in [-0.3, -0.25) is 19.0 Å². The molecule has 3 amide bonds. The summed E-state index contributed by atoms with van der Waals surface area (Å²) in [5, 5.41) is 5.08. The summed E-state index contributed by atoms with van der Waals surface area (Å²) in [6, 6.07) is 15.7. The molecular weight excluding hydrogens is 474 g/mol. The number of anilines is 1. The number of pyridine rings is 2. The summed E-state index contributed by atoms with van der Waals surface area (Å²) >= 11 is 0. The lowest BCUT2D eigenvalue weighted by molar-refractivity contribution is -0.119. The molecule has 2 aromatic heterocycles. The Kier molecular flexibility index (Phi) is 8.68. The third kappa shape index (κ3) is 7.96. The molecule has 3 aromatic rings. The third-order valence-electron chi connectivity index (χ3n) is 4.98. The molecule has 0 aliphatic rings. The van der Waals surface area contributed by atoms with E-state index in [1.807, 2.05) is 30.3 Å². The fourth-order valence-corrected chi connectivity index (χ4v) is 3.40. The quantitative estimate of drug-likeness (QED) is 0.375. The van der Waals surface area contributed by atoms with Crippen molar-refractivity contribution in [2.75, 3.05) is 5.32 Å². The Hall–Kier alpha value is -4.60. The molecule has 0 fully saturated rings. The van der Waals surface area contributed by atoms with Crippen LogP contribution in [0.2, 0.25) is 0 Å². The second-order valence-electron chi connectivity index (χ2n) is 9.21. The number of ether oxygens (including phenoxy) is 1. The van der Waals surface area contributed by atoms with Crippen molar-refractivity contribution in [3.05, 3.63) is 88.0 Å². The van der Waals surface area contributed by atoms with Gasteiger partial charge in [-0.2, -0.15) is 4.99 Å². The van der Waals surface area contributed by atoms with Crippen LogP contribution in [-0.4, -0.2) is 39.4 Å². The summed E-state index contributed by atoms with van der Waals surface area (Å²) in [6.07, 6.45) is 1.62. The number of hydrogen-bond donors (Lipinski definition) is 2. The van der Waals surface area contributed by atoms with E-state index in [2.05, 4.69) is 20.6 Å². The highest BCUT2D eigenvalue weighted by Gasteiger charge is 2.17. The number of rotatable bonds is 7. The number of nitrogens with zero attached hydrogens (tertiary/aromatic N) is 3. The van der Waals surface area contributed by atoms with Crippen molar-refractivity contribution >= 4 is 29.9 Å². The lowest BCUT2D eigenvalue weighted by Crippen LogP contribution is -2.29. The zero-order chi connectivity index (χ0) is 27.0. The van der Waals surface area contributed by atoms with Crippen molar-refractivity contribution in [3.8, 4) is 5.82 Å². The van der Waals surface area contributed by atoms with E-state index in [1.165, 1.54) is 10.8 Å². The molecule has 2 N–H and O–H groups in total. The predicted molar refractivity (Wildman–Crippen MR) is 140 cm³/mol. The van der Waals surface area contributed by atoms with Gasteiger partial charge in [0.2, 0.25) is 11.8 Å². The highest BCUT2D eigenvalue weighted by atomic mass is 16.6. The maximum atomic E-state index is 13.3. The normalized spacial score (nSPS) is 11.2. The monoisotopic (exact) mass is 503 g/mol. The molecule has 0 saturated heterocycles. The van der Waals surface area contributed by atoms with Gasteiger partial charge in [-0.05, 0) is 51.5 Å². The first-order valence-electron chi connectivity index (χ1n) is 11.6. The number of hydrogen-bond acceptors (Lipinski definition) is 6. The molecule has 0 aliphatic carbocycles. The minimum atomic E-state index is -0.830. The first kappa shape index (κ1) is 27.0. The van der Waals surface area contributed by atoms with E-state index in [9.17, 15) is 19.2 Å². The van der Waals surface area contributed by atoms with E-state index in [0.29, 0.717) is 11.3 Å². The van der Waals surface area contributed by atoms with Crippen LogP contribution >= 0.6 is 0 Å². The van der Waals surface area contributed by atoms with Crippen LogP contribution in [0, 0.1) is 6.92 Å². The largest absolute Gasteiger partial charge is 0.442 e. The summed E-state index contributed by atoms with van der Waals surface area (Å²) in [7, 11) is 0. The van der Waals surface area contributed by atoms with E-state index in [0.717, 1.165) is 11.9 Å². The van der Waals surface area contributed by atoms with Gasteiger partial charge in [0.05, 0.1) is 12.8 Å². The van der Waals surface area contributed by atoms with Gasteiger partial charge in [-0.25, -0.2) is 9.78 Å². The lowest BCUT2D eigenvalue weighted by Gasteiger charge is -2.17. The van der Waals surface area contributed by atoms with Crippen LogP contribution in [-0.2, 0) is 27.2 Å². The Bertz CT molecular complexity index is 1370. The maximum absolute atomic E-state index is 13.3. The van der Waals surface area contributed by atoms with Gasteiger partial charge in [-0.1, -0.05) is 36.4 Å². The number of amides is 3. The Morgan fingerprint density at radius 3 is 2.43 bits per heavy atom. The second-order valence-corrected chi connectivity index (χ2v) is 9.21. The van der Waals surface area contributed by atoms with Crippen LogP contribution in [0.5, 0.6) is 0 Å². The summed E-state index contributed by atoms with van der Waals surface area (Å²) in [5.41, 5.74) is 0.761. The van der Waals surface area contributed by atoms with Crippen molar-refractivity contribution in [1.82, 2.24) is 14.9 Å². The zero-order valence-corrected chi connectivity index (χ0v) is 21.1. The highest BCUT2D eigenvalue weighted by Crippen LogP contribution is 2.15. The van der Waals surface area contributed by atoms with Crippen molar-refractivity contribution in [2.24, 2.45) is 4.99 Å². The number of aromatic nitrogens is 2. The molecule has 3 rings (SSSR count). The average Bonchev–Trinajstić information content (AvgIpc) is 2.81. The zero-order valence-electron chi connectivity index (χ0n) is 21.1. The molecule has 10 heteroatoms. The summed E-state index contributed by atoms with van der Waals surface area (Å²) in [6.45, 7) is 6.84. The van der Waals surface area contributed by atoms with E-state index in [4.69, 9.17) is 4.74 Å². The van der Waals surface area contributed by atoms with Crippen LogP contribution in [0.3, 0.4) is 0 Å². The first-order chi connectivity index (χ1) is 17.5. The van der Waals surface area contributed by atoms with Gasteiger partial charge in [0, 0.05) is 17.5 Å².